The second-order valence-electron chi connectivity index (χ2n) is 7.52. The Hall–Kier alpha value is -3.82. The molecule has 32 heavy (non-hydrogen) atoms. The van der Waals surface area contributed by atoms with Gasteiger partial charge in [-0.15, -0.1) is 0 Å². The molecular formula is C22H26N4O6. The topological polar surface area (TPSA) is 139 Å². The van der Waals surface area contributed by atoms with Gasteiger partial charge in [-0.25, -0.2) is 14.6 Å². The summed E-state index contributed by atoms with van der Waals surface area (Å²) in [6.07, 6.45) is -0.120. The molecule has 1 aliphatic rings. The molecule has 2 aromatic rings. The van der Waals surface area contributed by atoms with Gasteiger partial charge in [0.2, 0.25) is 11.8 Å². The van der Waals surface area contributed by atoms with E-state index in [4.69, 9.17) is 4.74 Å². The number of carbonyl (C=O) groups is 3. The molecule has 2 heterocycles. The number of hydrogen-bond acceptors (Lipinski definition) is 6. The van der Waals surface area contributed by atoms with E-state index < -0.39 is 18.2 Å². The van der Waals surface area contributed by atoms with Gasteiger partial charge in [-0.2, -0.15) is 0 Å². The summed E-state index contributed by atoms with van der Waals surface area (Å²) in [7, 11) is 2.74. The molecule has 0 saturated heterocycles. The van der Waals surface area contributed by atoms with Crippen LogP contribution < -0.4 is 20.7 Å². The van der Waals surface area contributed by atoms with E-state index in [2.05, 4.69) is 25.7 Å². The second-order valence-corrected chi connectivity index (χ2v) is 7.52. The van der Waals surface area contributed by atoms with Gasteiger partial charge < -0.3 is 25.2 Å². The number of pyridine rings is 1. The monoisotopic (exact) mass is 442 g/mol. The van der Waals surface area contributed by atoms with Crippen molar-refractivity contribution in [1.82, 2.24) is 10.3 Å². The van der Waals surface area contributed by atoms with Crippen molar-refractivity contribution in [3.63, 3.8) is 0 Å². The van der Waals surface area contributed by atoms with E-state index in [1.54, 1.807) is 30.3 Å². The number of aromatic nitrogens is 1. The number of benzene rings is 1. The zero-order valence-corrected chi connectivity index (χ0v) is 18.1. The van der Waals surface area contributed by atoms with Gasteiger partial charge >= 0.3 is 12.2 Å². The number of amides is 3. The molecule has 170 valence electrons. The molecule has 2 bridgehead atoms. The van der Waals surface area contributed by atoms with E-state index >= 15 is 0 Å². The van der Waals surface area contributed by atoms with Gasteiger partial charge in [-0.1, -0.05) is 19.4 Å². The molecule has 1 aliphatic heterocycles. The van der Waals surface area contributed by atoms with Crippen LogP contribution in [0.4, 0.5) is 21.0 Å². The van der Waals surface area contributed by atoms with E-state index in [0.717, 1.165) is 0 Å². The normalized spacial score (nSPS) is 18.2. The number of hydrogen-bond donors (Lipinski definition) is 4. The highest BCUT2D eigenvalue weighted by atomic mass is 16.5. The van der Waals surface area contributed by atoms with E-state index in [9.17, 15) is 19.5 Å². The molecule has 0 unspecified atom stereocenters. The molecule has 1 aromatic carbocycles. The SMILES string of the molecule is COC(=O)Nc1ccc2c(c1)NC(=O)[C@H](C)CCC[C@H](NC(=O)O)c1cc-2cc(OC)n1. The predicted molar refractivity (Wildman–Crippen MR) is 118 cm³/mol. The molecule has 0 fully saturated rings. The van der Waals surface area contributed by atoms with Crippen molar-refractivity contribution in [2.45, 2.75) is 32.2 Å². The average Bonchev–Trinajstić information content (AvgIpc) is 2.77. The van der Waals surface area contributed by atoms with Crippen molar-refractivity contribution in [2.24, 2.45) is 5.92 Å². The largest absolute Gasteiger partial charge is 0.481 e. The Morgan fingerprint density at radius 2 is 1.97 bits per heavy atom. The Labute approximate surface area is 185 Å². The minimum Gasteiger partial charge on any atom is -0.481 e. The van der Waals surface area contributed by atoms with Crippen molar-refractivity contribution in [3.05, 3.63) is 36.0 Å². The molecule has 0 radical (unpaired) electrons. The van der Waals surface area contributed by atoms with Gasteiger partial charge in [0.15, 0.2) is 0 Å². The Bertz CT molecular complexity index is 1030. The molecule has 3 rings (SSSR count). The molecule has 4 N–H and O–H groups in total. The Balaban J connectivity index is 2.16. The Morgan fingerprint density at radius 3 is 2.66 bits per heavy atom. The minimum atomic E-state index is -1.15. The van der Waals surface area contributed by atoms with Crippen molar-refractivity contribution in [2.75, 3.05) is 24.9 Å². The maximum Gasteiger partial charge on any atom is 0.411 e. The number of fused-ring (bicyclic) bond motifs is 4. The van der Waals surface area contributed by atoms with Crippen molar-refractivity contribution < 1.29 is 29.0 Å². The highest BCUT2D eigenvalue weighted by Crippen LogP contribution is 2.35. The summed E-state index contributed by atoms with van der Waals surface area (Å²) in [4.78, 5) is 40.3. The third-order valence-electron chi connectivity index (χ3n) is 5.28. The van der Waals surface area contributed by atoms with Crippen molar-refractivity contribution in [3.8, 4) is 17.0 Å². The Morgan fingerprint density at radius 1 is 1.19 bits per heavy atom. The summed E-state index contributed by atoms with van der Waals surface area (Å²) in [5, 5.41) is 17.4. The molecule has 10 nitrogen and oxygen atoms in total. The lowest BCUT2D eigenvalue weighted by molar-refractivity contribution is -0.119. The fourth-order valence-electron chi connectivity index (χ4n) is 3.57. The zero-order chi connectivity index (χ0) is 23.3. The van der Waals surface area contributed by atoms with Crippen molar-refractivity contribution >= 4 is 29.5 Å². The lowest BCUT2D eigenvalue weighted by atomic mass is 9.95. The third-order valence-corrected chi connectivity index (χ3v) is 5.28. The van der Waals surface area contributed by atoms with E-state index in [1.807, 2.05) is 6.92 Å². The van der Waals surface area contributed by atoms with Crippen LogP contribution in [0.5, 0.6) is 5.88 Å². The molecule has 10 heteroatoms. The van der Waals surface area contributed by atoms with Gasteiger partial charge in [0.25, 0.3) is 0 Å². The fraction of sp³-hybridized carbons (Fsp3) is 0.364. The Kier molecular flexibility index (Phi) is 7.14. The third kappa shape index (κ3) is 5.45. The van der Waals surface area contributed by atoms with Crippen LogP contribution in [0.3, 0.4) is 0 Å². The van der Waals surface area contributed by atoms with Crippen LogP contribution in [-0.4, -0.2) is 42.4 Å². The second kappa shape index (κ2) is 9.99. The zero-order valence-electron chi connectivity index (χ0n) is 18.1. The fourth-order valence-corrected chi connectivity index (χ4v) is 3.57. The highest BCUT2D eigenvalue weighted by molar-refractivity contribution is 5.98. The van der Waals surface area contributed by atoms with Gasteiger partial charge in [0, 0.05) is 23.2 Å². The van der Waals surface area contributed by atoms with Crippen LogP contribution in [0, 0.1) is 5.92 Å². The lowest BCUT2D eigenvalue weighted by Gasteiger charge is -2.22. The van der Waals surface area contributed by atoms with Gasteiger partial charge in [0.1, 0.15) is 0 Å². The van der Waals surface area contributed by atoms with Crippen LogP contribution in [0.1, 0.15) is 37.9 Å². The van der Waals surface area contributed by atoms with Gasteiger partial charge in [-0.3, -0.25) is 10.1 Å². The first-order valence-electron chi connectivity index (χ1n) is 10.2. The van der Waals surface area contributed by atoms with E-state index in [1.165, 1.54) is 14.2 Å². The molecule has 0 aliphatic carbocycles. The van der Waals surface area contributed by atoms with Crippen LogP contribution in [0.15, 0.2) is 30.3 Å². The molecule has 3 amide bonds. The average molecular weight is 442 g/mol. The maximum absolute atomic E-state index is 12.8. The quantitative estimate of drug-likeness (QED) is 0.563. The summed E-state index contributed by atoms with van der Waals surface area (Å²) in [5.41, 5.74) is 2.79. The summed E-state index contributed by atoms with van der Waals surface area (Å²) >= 11 is 0. The van der Waals surface area contributed by atoms with Crippen LogP contribution in [0.25, 0.3) is 11.1 Å². The molecule has 1 aromatic heterocycles. The summed E-state index contributed by atoms with van der Waals surface area (Å²) in [6.45, 7) is 1.82. The van der Waals surface area contributed by atoms with E-state index in [0.29, 0.717) is 53.3 Å². The number of ether oxygens (including phenoxy) is 2. The smallest absolute Gasteiger partial charge is 0.411 e. The number of carboxylic acid groups (broad SMARTS) is 1. The number of nitrogens with zero attached hydrogens (tertiary/aromatic N) is 1. The van der Waals surface area contributed by atoms with Gasteiger partial charge in [0.05, 0.1) is 31.6 Å². The maximum atomic E-state index is 12.8. The highest BCUT2D eigenvalue weighted by Gasteiger charge is 2.23. The molecule has 0 spiro atoms. The predicted octanol–water partition coefficient (Wildman–Crippen LogP) is 4.00. The van der Waals surface area contributed by atoms with Crippen LogP contribution in [-0.2, 0) is 9.53 Å². The number of anilines is 2. The molecule has 0 saturated carbocycles. The summed E-state index contributed by atoms with van der Waals surface area (Å²) in [5.74, 6) is -0.161. The number of methoxy groups -OCH3 is 2. The van der Waals surface area contributed by atoms with Crippen LogP contribution >= 0.6 is 0 Å². The van der Waals surface area contributed by atoms with E-state index in [-0.39, 0.29) is 11.8 Å². The summed E-state index contributed by atoms with van der Waals surface area (Å²) < 4.78 is 9.99. The lowest BCUT2D eigenvalue weighted by Crippen LogP contribution is -2.28. The number of nitrogens with one attached hydrogen (secondary N) is 3. The first kappa shape index (κ1) is 22.9. The minimum absolute atomic E-state index is 0.175. The molecule has 2 atom stereocenters. The number of rotatable bonds is 3. The first-order valence-corrected chi connectivity index (χ1v) is 10.2. The number of carbonyl (C=O) groups excluding carboxylic acids is 2. The van der Waals surface area contributed by atoms with Gasteiger partial charge in [-0.05, 0) is 36.6 Å². The van der Waals surface area contributed by atoms with Crippen LogP contribution in [0.2, 0.25) is 0 Å². The standard InChI is InChI=1S/C22H26N4O6/c1-12-5-4-6-16(26-21(28)29)18-9-13(10-19(24-18)31-2)15-8-7-14(23-22(30)32-3)11-17(15)25-20(12)27/h7-12,16,26H,4-6H2,1-3H3,(H,23,30)(H,25,27)(H,28,29)/t12-,16+/m1/s1. The molecular weight excluding hydrogens is 416 g/mol. The van der Waals surface area contributed by atoms with Crippen molar-refractivity contribution in [1.29, 1.82) is 0 Å². The summed E-state index contributed by atoms with van der Waals surface area (Å²) in [6, 6.07) is 7.98. The first-order chi connectivity index (χ1) is 15.3.